The summed E-state index contributed by atoms with van der Waals surface area (Å²) in [4.78, 5) is 12.0. The van der Waals surface area contributed by atoms with E-state index < -0.39 is 28.6 Å². The van der Waals surface area contributed by atoms with E-state index in [0.717, 1.165) is 12.1 Å². The molecule has 1 heterocycles. The first kappa shape index (κ1) is 12.9. The molecule has 1 aliphatic carbocycles. The predicted molar refractivity (Wildman–Crippen MR) is 63.9 cm³/mol. The Hall–Kier alpha value is -2.09. The van der Waals surface area contributed by atoms with Crippen molar-refractivity contribution >= 4 is 17.5 Å². The van der Waals surface area contributed by atoms with Crippen molar-refractivity contribution in [3.05, 3.63) is 40.2 Å². The monoisotopic (exact) mass is 299 g/mol. The van der Waals surface area contributed by atoms with Gasteiger partial charge in [0.25, 0.3) is 5.91 Å². The summed E-state index contributed by atoms with van der Waals surface area (Å²) in [7, 11) is 0. The van der Waals surface area contributed by atoms with Gasteiger partial charge in [-0.1, -0.05) is 16.8 Å². The molecule has 0 unspecified atom stereocenters. The van der Waals surface area contributed by atoms with Gasteiger partial charge in [0, 0.05) is 0 Å². The van der Waals surface area contributed by atoms with E-state index in [9.17, 15) is 13.6 Å². The molecule has 0 spiro atoms. The topological polar surface area (TPSA) is 83.6 Å². The minimum Gasteiger partial charge on any atom is -0.339 e. The van der Waals surface area contributed by atoms with Gasteiger partial charge in [-0.3, -0.25) is 4.79 Å². The van der Waals surface area contributed by atoms with E-state index >= 15 is 0 Å². The zero-order valence-corrected chi connectivity index (χ0v) is 10.7. The third-order valence-electron chi connectivity index (χ3n) is 3.13. The molecular formula is C11H8ClF2N5O. The quantitative estimate of drug-likeness (QED) is 0.842. The Morgan fingerprint density at radius 3 is 2.70 bits per heavy atom. The summed E-state index contributed by atoms with van der Waals surface area (Å²) in [6, 6.07) is 1.53. The first-order valence-corrected chi connectivity index (χ1v) is 6.11. The molecular weight excluding hydrogens is 292 g/mol. The van der Waals surface area contributed by atoms with Crippen LogP contribution in [0.1, 0.15) is 29.0 Å². The summed E-state index contributed by atoms with van der Waals surface area (Å²) in [5.74, 6) is -2.18. The van der Waals surface area contributed by atoms with Crippen LogP contribution >= 0.6 is 11.6 Å². The second-order valence-electron chi connectivity index (χ2n) is 4.52. The fourth-order valence-electron chi connectivity index (χ4n) is 1.88. The van der Waals surface area contributed by atoms with Crippen LogP contribution in [0, 0.1) is 11.6 Å². The van der Waals surface area contributed by atoms with Crippen LogP contribution in [0.2, 0.25) is 5.02 Å². The molecule has 0 saturated heterocycles. The van der Waals surface area contributed by atoms with E-state index in [4.69, 9.17) is 11.6 Å². The van der Waals surface area contributed by atoms with Gasteiger partial charge in [-0.2, -0.15) is 5.21 Å². The highest BCUT2D eigenvalue weighted by Gasteiger charge is 2.49. The minimum atomic E-state index is -0.891. The summed E-state index contributed by atoms with van der Waals surface area (Å²) in [6.07, 6.45) is 1.21. The number of rotatable bonds is 3. The van der Waals surface area contributed by atoms with Gasteiger partial charge in [0.15, 0.2) is 5.82 Å². The van der Waals surface area contributed by atoms with E-state index in [0.29, 0.717) is 18.7 Å². The number of nitrogens with one attached hydrogen (secondary N) is 2. The van der Waals surface area contributed by atoms with Gasteiger partial charge in [0.1, 0.15) is 17.2 Å². The lowest BCUT2D eigenvalue weighted by molar-refractivity contribution is 0.0924. The van der Waals surface area contributed by atoms with Crippen molar-refractivity contribution in [3.63, 3.8) is 0 Å². The average Bonchev–Trinajstić information content (AvgIpc) is 2.97. The SMILES string of the molecule is O=C(NC1(c2nn[nH]n2)CC1)c1cc(F)c(Cl)cc1F. The molecule has 1 aromatic carbocycles. The Bertz CT molecular complexity index is 672. The molecule has 1 aliphatic rings. The number of nitrogens with zero attached hydrogens (tertiary/aromatic N) is 3. The lowest BCUT2D eigenvalue weighted by Crippen LogP contribution is -2.36. The summed E-state index contributed by atoms with van der Waals surface area (Å²) < 4.78 is 27.0. The van der Waals surface area contributed by atoms with Gasteiger partial charge in [0.05, 0.1) is 10.6 Å². The lowest BCUT2D eigenvalue weighted by atomic mass is 10.1. The lowest BCUT2D eigenvalue weighted by Gasteiger charge is -2.13. The number of aromatic amines is 1. The molecule has 1 aromatic heterocycles. The number of hydrogen-bond acceptors (Lipinski definition) is 4. The molecule has 0 radical (unpaired) electrons. The molecule has 2 N–H and O–H groups in total. The van der Waals surface area contributed by atoms with Gasteiger partial charge in [-0.05, 0) is 25.0 Å². The molecule has 3 rings (SSSR count). The van der Waals surface area contributed by atoms with Crippen LogP contribution < -0.4 is 5.32 Å². The van der Waals surface area contributed by atoms with Crippen LogP contribution in [0.15, 0.2) is 12.1 Å². The maximum absolute atomic E-state index is 13.7. The fourth-order valence-corrected chi connectivity index (χ4v) is 2.03. The highest BCUT2D eigenvalue weighted by atomic mass is 35.5. The standard InChI is InChI=1S/C11H8ClF2N5O/c12-6-4-7(13)5(3-8(6)14)9(20)15-11(1-2-11)10-16-18-19-17-10/h3-4H,1-2H2,(H,15,20)(H,16,17,18,19). The molecule has 0 aliphatic heterocycles. The number of H-pyrrole nitrogens is 1. The summed E-state index contributed by atoms with van der Waals surface area (Å²) >= 11 is 5.44. The van der Waals surface area contributed by atoms with E-state index in [-0.39, 0.29) is 5.02 Å². The number of carbonyl (C=O) groups excluding carboxylic acids is 1. The Kier molecular flexibility index (Phi) is 2.89. The first-order chi connectivity index (χ1) is 9.52. The molecule has 9 heteroatoms. The van der Waals surface area contributed by atoms with E-state index in [1.165, 1.54) is 0 Å². The van der Waals surface area contributed by atoms with Crippen LogP contribution in [0.3, 0.4) is 0 Å². The van der Waals surface area contributed by atoms with Crippen LogP contribution in [-0.4, -0.2) is 26.5 Å². The van der Waals surface area contributed by atoms with E-state index in [2.05, 4.69) is 25.9 Å². The molecule has 0 atom stereocenters. The zero-order valence-electron chi connectivity index (χ0n) is 9.95. The van der Waals surface area contributed by atoms with Crippen molar-refractivity contribution in [1.82, 2.24) is 25.9 Å². The molecule has 20 heavy (non-hydrogen) atoms. The predicted octanol–water partition coefficient (Wildman–Crippen LogP) is 1.55. The van der Waals surface area contributed by atoms with Gasteiger partial charge in [-0.15, -0.1) is 10.2 Å². The van der Waals surface area contributed by atoms with Crippen LogP contribution in [0.5, 0.6) is 0 Å². The molecule has 1 amide bonds. The molecule has 0 bridgehead atoms. The fraction of sp³-hybridized carbons (Fsp3) is 0.273. The Morgan fingerprint density at radius 1 is 1.35 bits per heavy atom. The van der Waals surface area contributed by atoms with Gasteiger partial charge < -0.3 is 5.32 Å². The third kappa shape index (κ3) is 2.11. The van der Waals surface area contributed by atoms with Crippen molar-refractivity contribution < 1.29 is 13.6 Å². The van der Waals surface area contributed by atoms with Gasteiger partial charge in [0.2, 0.25) is 0 Å². The molecule has 1 saturated carbocycles. The van der Waals surface area contributed by atoms with Crippen molar-refractivity contribution in [2.45, 2.75) is 18.4 Å². The number of aromatic nitrogens is 4. The number of carbonyl (C=O) groups is 1. The molecule has 6 nitrogen and oxygen atoms in total. The van der Waals surface area contributed by atoms with Crippen molar-refractivity contribution in [2.24, 2.45) is 0 Å². The molecule has 104 valence electrons. The summed E-state index contributed by atoms with van der Waals surface area (Å²) in [5.41, 5.74) is -1.17. The third-order valence-corrected chi connectivity index (χ3v) is 3.42. The second-order valence-corrected chi connectivity index (χ2v) is 4.93. The zero-order chi connectivity index (χ0) is 14.3. The molecule has 2 aromatic rings. The number of benzene rings is 1. The highest BCUT2D eigenvalue weighted by Crippen LogP contribution is 2.43. The normalized spacial score (nSPS) is 15.9. The van der Waals surface area contributed by atoms with Gasteiger partial charge in [-0.25, -0.2) is 8.78 Å². The number of amides is 1. The van der Waals surface area contributed by atoms with Gasteiger partial charge >= 0.3 is 0 Å². The highest BCUT2D eigenvalue weighted by molar-refractivity contribution is 6.30. The van der Waals surface area contributed by atoms with Crippen molar-refractivity contribution in [2.75, 3.05) is 0 Å². The minimum absolute atomic E-state index is 0.320. The number of tetrazole rings is 1. The number of halogens is 3. The maximum Gasteiger partial charge on any atom is 0.255 e. The van der Waals surface area contributed by atoms with E-state index in [1.807, 2.05) is 0 Å². The van der Waals surface area contributed by atoms with Crippen molar-refractivity contribution in [3.8, 4) is 0 Å². The maximum atomic E-state index is 13.7. The van der Waals surface area contributed by atoms with Crippen LogP contribution in [-0.2, 0) is 5.54 Å². The van der Waals surface area contributed by atoms with Crippen LogP contribution in [0.4, 0.5) is 8.78 Å². The van der Waals surface area contributed by atoms with Crippen molar-refractivity contribution in [1.29, 1.82) is 0 Å². The smallest absolute Gasteiger partial charge is 0.255 e. The Labute approximate surface area is 116 Å². The van der Waals surface area contributed by atoms with E-state index in [1.54, 1.807) is 0 Å². The number of hydrogen-bond donors (Lipinski definition) is 2. The molecule has 1 fully saturated rings. The second kappa shape index (κ2) is 4.48. The largest absolute Gasteiger partial charge is 0.339 e. The average molecular weight is 300 g/mol. The Balaban J connectivity index is 1.86. The summed E-state index contributed by atoms with van der Waals surface area (Å²) in [6.45, 7) is 0. The van der Waals surface area contributed by atoms with Crippen LogP contribution in [0.25, 0.3) is 0 Å². The Morgan fingerprint density at radius 2 is 2.10 bits per heavy atom. The summed E-state index contributed by atoms with van der Waals surface area (Å²) in [5, 5.41) is 15.5. The first-order valence-electron chi connectivity index (χ1n) is 5.73.